The van der Waals surface area contributed by atoms with Gasteiger partial charge in [0.2, 0.25) is 5.71 Å². The fraction of sp³-hybridized carbons (Fsp3) is 0.0769. The molecule has 0 amide bonds. The third-order valence-corrected chi connectivity index (χ3v) is 9.29. The van der Waals surface area contributed by atoms with E-state index in [2.05, 4.69) is 98.8 Å². The quantitative estimate of drug-likeness (QED) is 0.206. The van der Waals surface area contributed by atoms with E-state index in [1.807, 2.05) is 24.3 Å². The first-order valence-corrected chi connectivity index (χ1v) is 15.2. The van der Waals surface area contributed by atoms with Crippen LogP contribution in [0.4, 0.5) is 0 Å². The van der Waals surface area contributed by atoms with E-state index in [1.54, 1.807) is 0 Å². The summed E-state index contributed by atoms with van der Waals surface area (Å²) in [6.45, 7) is 4.29. The van der Waals surface area contributed by atoms with Crippen LogP contribution in [-0.4, -0.2) is 9.97 Å². The Hall–Kier alpha value is -5.19. The van der Waals surface area contributed by atoms with Crippen molar-refractivity contribution in [1.82, 2.24) is 9.97 Å². The number of benzene rings is 6. The van der Waals surface area contributed by atoms with Gasteiger partial charge in [0.25, 0.3) is 0 Å². The van der Waals surface area contributed by atoms with Crippen LogP contribution in [0.1, 0.15) is 29.7 Å². The lowest BCUT2D eigenvalue weighted by atomic mass is 9.83. The molecule has 0 saturated carbocycles. The van der Waals surface area contributed by atoms with E-state index < -0.39 is 0 Å². The number of aromatic nitrogens is 2. The summed E-state index contributed by atoms with van der Waals surface area (Å²) in [7, 11) is 0. The Labute approximate surface area is 257 Å². The van der Waals surface area contributed by atoms with Crippen molar-refractivity contribution in [3.8, 4) is 11.1 Å². The lowest BCUT2D eigenvalue weighted by Crippen LogP contribution is -2.05. The summed E-state index contributed by atoms with van der Waals surface area (Å²) in [4.78, 5) is 9.87. The van der Waals surface area contributed by atoms with Gasteiger partial charge in [0.1, 0.15) is 22.3 Å². The second-order valence-electron chi connectivity index (χ2n) is 11.5. The predicted octanol–water partition coefficient (Wildman–Crippen LogP) is 11.4. The highest BCUT2D eigenvalue weighted by molar-refractivity contribution is 6.31. The van der Waals surface area contributed by atoms with Gasteiger partial charge in [-0.1, -0.05) is 110 Å². The lowest BCUT2D eigenvalue weighted by Gasteiger charge is -2.21. The summed E-state index contributed by atoms with van der Waals surface area (Å²) in [5.74, 6) is -0.277. The zero-order chi connectivity index (χ0) is 29.5. The topological polar surface area (TPSA) is 52.1 Å². The van der Waals surface area contributed by atoms with E-state index in [9.17, 15) is 0 Å². The van der Waals surface area contributed by atoms with Gasteiger partial charge in [-0.2, -0.15) is 0 Å². The summed E-state index contributed by atoms with van der Waals surface area (Å²) >= 11 is 7.02. The Morgan fingerprint density at radius 2 is 1.34 bits per heavy atom. The van der Waals surface area contributed by atoms with Gasteiger partial charge in [0.05, 0.1) is 5.69 Å². The number of furan rings is 2. The molecule has 1 atom stereocenters. The number of fused-ring (bicyclic) bond motifs is 10. The third kappa shape index (κ3) is 3.52. The fourth-order valence-corrected chi connectivity index (χ4v) is 7.23. The highest BCUT2D eigenvalue weighted by atomic mass is 35.5. The fourth-order valence-electron chi connectivity index (χ4n) is 6.94. The molecule has 0 aliphatic rings. The largest absolute Gasteiger partial charge is 0.455 e. The molecule has 0 unspecified atom stereocenters. The van der Waals surface area contributed by atoms with E-state index in [0.29, 0.717) is 22.1 Å². The van der Waals surface area contributed by atoms with E-state index in [4.69, 9.17) is 30.4 Å². The maximum atomic E-state index is 7.02. The molecular weight excluding hydrogens is 564 g/mol. The maximum absolute atomic E-state index is 7.02. The van der Waals surface area contributed by atoms with Crippen molar-refractivity contribution in [2.24, 2.45) is 0 Å². The van der Waals surface area contributed by atoms with Crippen molar-refractivity contribution in [2.75, 3.05) is 0 Å². The van der Waals surface area contributed by atoms with E-state index >= 15 is 0 Å². The van der Waals surface area contributed by atoms with Crippen LogP contribution in [0.3, 0.4) is 0 Å². The summed E-state index contributed by atoms with van der Waals surface area (Å²) in [6, 6.07) is 37.7. The molecule has 3 aromatic heterocycles. The zero-order valence-corrected chi connectivity index (χ0v) is 24.8. The van der Waals surface area contributed by atoms with Crippen LogP contribution in [0.15, 0.2) is 118 Å². The number of aryl methyl sites for hydroxylation is 1. The monoisotopic (exact) mass is 588 g/mol. The average Bonchev–Trinajstić information content (AvgIpc) is 3.62. The first kappa shape index (κ1) is 25.3. The molecule has 3 heterocycles. The van der Waals surface area contributed by atoms with Gasteiger partial charge in [-0.3, -0.25) is 0 Å². The first-order chi connectivity index (χ1) is 21.6. The van der Waals surface area contributed by atoms with Gasteiger partial charge >= 0.3 is 0 Å². The smallest absolute Gasteiger partial charge is 0.246 e. The van der Waals surface area contributed by atoms with Crippen molar-refractivity contribution >= 4 is 77.3 Å². The number of para-hydroxylation sites is 1. The molecule has 5 heteroatoms. The molecule has 0 spiro atoms. The summed E-state index contributed by atoms with van der Waals surface area (Å²) < 4.78 is 13.2. The van der Waals surface area contributed by atoms with Gasteiger partial charge in [-0.25, -0.2) is 9.97 Å². The number of hydrogen-bond acceptors (Lipinski definition) is 4. The highest BCUT2D eigenvalue weighted by Gasteiger charge is 2.29. The molecule has 0 aliphatic carbocycles. The van der Waals surface area contributed by atoms with Crippen molar-refractivity contribution in [1.29, 1.82) is 0 Å². The molecule has 0 N–H and O–H groups in total. The van der Waals surface area contributed by atoms with Crippen molar-refractivity contribution < 1.29 is 8.83 Å². The second kappa shape index (κ2) is 9.40. The molecule has 0 aliphatic heterocycles. The van der Waals surface area contributed by atoms with Crippen LogP contribution in [0.25, 0.3) is 76.8 Å². The molecule has 0 saturated heterocycles. The van der Waals surface area contributed by atoms with Crippen LogP contribution < -0.4 is 0 Å². The van der Waals surface area contributed by atoms with Gasteiger partial charge in [-0.05, 0) is 58.0 Å². The Bertz CT molecular complexity index is 2610. The Morgan fingerprint density at radius 3 is 2.18 bits per heavy atom. The van der Waals surface area contributed by atoms with Crippen molar-refractivity contribution in [2.45, 2.75) is 19.8 Å². The molecule has 9 rings (SSSR count). The minimum atomic E-state index is -0.277. The Kier molecular flexibility index (Phi) is 5.41. The maximum Gasteiger partial charge on any atom is 0.246 e. The van der Waals surface area contributed by atoms with Crippen molar-refractivity contribution in [3.05, 3.63) is 131 Å². The highest BCUT2D eigenvalue weighted by Crippen LogP contribution is 2.49. The van der Waals surface area contributed by atoms with Crippen molar-refractivity contribution in [3.63, 3.8) is 0 Å². The van der Waals surface area contributed by atoms with Gasteiger partial charge in [0.15, 0.2) is 5.15 Å². The minimum absolute atomic E-state index is 0.277. The van der Waals surface area contributed by atoms with Crippen LogP contribution in [0.5, 0.6) is 0 Å². The van der Waals surface area contributed by atoms with Crippen LogP contribution in [0, 0.1) is 6.92 Å². The minimum Gasteiger partial charge on any atom is -0.455 e. The van der Waals surface area contributed by atoms with Crippen LogP contribution in [-0.2, 0) is 0 Å². The number of rotatable bonds is 3. The SMILES string of the molecule is Cc1ccccc1-c1c([C@@H](C)c2nc3oc4ccccc4c3nc2Cl)c2oc3c4ccccc4ccc3c2c2ccccc12. The first-order valence-electron chi connectivity index (χ1n) is 14.8. The molecule has 0 bridgehead atoms. The molecule has 44 heavy (non-hydrogen) atoms. The van der Waals surface area contributed by atoms with Crippen LogP contribution >= 0.6 is 11.6 Å². The van der Waals surface area contributed by atoms with E-state index in [0.717, 1.165) is 71.1 Å². The Morgan fingerprint density at radius 1 is 0.636 bits per heavy atom. The van der Waals surface area contributed by atoms with Gasteiger partial charge in [0, 0.05) is 33.0 Å². The molecule has 6 aromatic carbocycles. The Balaban J connectivity index is 1.45. The standard InChI is InChI=1S/C39H25ClN2O2/c1-21-11-3-5-13-24(21)32-26-15-7-8-16-27(26)33-29-20-19-23-12-4-6-14-25(23)36(29)44-37(33)31(32)22(2)34-38(40)41-35-28-17-9-10-18-30(28)43-39(35)42-34/h3-20,22H,1-2H3/t22-/m1/s1. The molecule has 210 valence electrons. The summed E-state index contributed by atoms with van der Waals surface area (Å²) in [5, 5.41) is 7.96. The second-order valence-corrected chi connectivity index (χ2v) is 11.9. The number of nitrogens with zero attached hydrogens (tertiary/aromatic N) is 2. The van der Waals surface area contributed by atoms with Gasteiger partial charge in [-0.15, -0.1) is 0 Å². The third-order valence-electron chi connectivity index (χ3n) is 9.01. The number of hydrogen-bond donors (Lipinski definition) is 0. The predicted molar refractivity (Wildman–Crippen MR) is 181 cm³/mol. The zero-order valence-electron chi connectivity index (χ0n) is 24.1. The van der Waals surface area contributed by atoms with Gasteiger partial charge < -0.3 is 8.83 Å². The number of halogens is 1. The molecular formula is C39H25ClN2O2. The molecule has 0 radical (unpaired) electrons. The lowest BCUT2D eigenvalue weighted by molar-refractivity contribution is 0.644. The van der Waals surface area contributed by atoms with Crippen LogP contribution in [0.2, 0.25) is 5.15 Å². The van der Waals surface area contributed by atoms with E-state index in [1.165, 1.54) is 5.56 Å². The average molecular weight is 589 g/mol. The molecule has 9 aromatic rings. The van der Waals surface area contributed by atoms with E-state index in [-0.39, 0.29) is 5.92 Å². The summed E-state index contributed by atoms with van der Waals surface area (Å²) in [5.41, 5.74) is 8.71. The molecule has 0 fully saturated rings. The molecule has 4 nitrogen and oxygen atoms in total. The normalized spacial score (nSPS) is 12.8. The summed E-state index contributed by atoms with van der Waals surface area (Å²) in [6.07, 6.45) is 0.